The average molecular weight is 310 g/mol. The number of carbonyl (C=O) groups is 2. The molecular weight excluding hydrogens is 298 g/mol. The molecule has 2 aliphatic rings. The largest absolute Gasteiger partial charge is 0.480 e. The molecule has 0 atom stereocenters. The Kier molecular flexibility index (Phi) is 2.48. The van der Waals surface area contributed by atoms with Crippen molar-refractivity contribution >= 4 is 27.8 Å². The maximum atomic E-state index is 12.2. The number of amides is 1. The Bertz CT molecular complexity index is 551. The summed E-state index contributed by atoms with van der Waals surface area (Å²) in [5.74, 6) is -1.13. The number of carboxylic acids is 1. The van der Waals surface area contributed by atoms with Crippen LogP contribution in [0.4, 0.5) is 0 Å². The molecule has 0 aromatic heterocycles. The van der Waals surface area contributed by atoms with Gasteiger partial charge < -0.3 is 10.0 Å². The van der Waals surface area contributed by atoms with Crippen LogP contribution in [-0.4, -0.2) is 35.0 Å². The Morgan fingerprint density at radius 1 is 1.44 bits per heavy atom. The summed E-state index contributed by atoms with van der Waals surface area (Å²) in [6.07, 6.45) is 2.06. The van der Waals surface area contributed by atoms with Gasteiger partial charge in [-0.05, 0) is 36.6 Å². The molecule has 1 amide bonds. The van der Waals surface area contributed by atoms with Crippen molar-refractivity contribution in [2.45, 2.75) is 18.3 Å². The number of hydrogen-bond donors (Lipinski definition) is 1. The molecule has 1 aliphatic heterocycles. The quantitative estimate of drug-likeness (QED) is 0.909. The zero-order valence-corrected chi connectivity index (χ0v) is 11.2. The number of fused-ring (bicyclic) bond motifs is 2. The molecule has 1 aromatic carbocycles. The lowest BCUT2D eigenvalue weighted by Gasteiger charge is -2.33. The third-order valence-electron chi connectivity index (χ3n) is 3.74. The maximum Gasteiger partial charge on any atom is 0.323 e. The number of carbonyl (C=O) groups excluding carboxylic acids is 1. The molecule has 0 saturated heterocycles. The van der Waals surface area contributed by atoms with Gasteiger partial charge in [-0.15, -0.1) is 0 Å². The molecular formula is C13H12BrNO3. The van der Waals surface area contributed by atoms with Crippen molar-refractivity contribution in [3.63, 3.8) is 0 Å². The summed E-state index contributed by atoms with van der Waals surface area (Å²) < 4.78 is 0.965. The van der Waals surface area contributed by atoms with E-state index in [1.807, 2.05) is 12.1 Å². The summed E-state index contributed by atoms with van der Waals surface area (Å²) in [6, 6.07) is 5.62. The summed E-state index contributed by atoms with van der Waals surface area (Å²) in [5, 5.41) is 8.86. The molecule has 1 N–H and O–H groups in total. The normalized spacial score (nSPS) is 19.8. The van der Waals surface area contributed by atoms with Crippen LogP contribution >= 0.6 is 15.9 Å². The van der Waals surface area contributed by atoms with Gasteiger partial charge in [0.15, 0.2) is 0 Å². The summed E-state index contributed by atoms with van der Waals surface area (Å²) in [7, 11) is 0. The van der Waals surface area contributed by atoms with Gasteiger partial charge in [-0.3, -0.25) is 9.59 Å². The van der Waals surface area contributed by atoms with Crippen molar-refractivity contribution in [3.05, 3.63) is 33.8 Å². The molecule has 0 unspecified atom stereocenters. The Hall–Kier alpha value is -1.36. The van der Waals surface area contributed by atoms with E-state index in [4.69, 9.17) is 5.11 Å². The van der Waals surface area contributed by atoms with Crippen LogP contribution in [0.5, 0.6) is 0 Å². The highest BCUT2D eigenvalue weighted by atomic mass is 79.9. The van der Waals surface area contributed by atoms with E-state index in [1.165, 1.54) is 4.90 Å². The second kappa shape index (κ2) is 3.82. The molecule has 0 radical (unpaired) electrons. The van der Waals surface area contributed by atoms with Crippen LogP contribution in [0, 0.1) is 0 Å². The number of carboxylic acid groups (broad SMARTS) is 1. The second-order valence-corrected chi connectivity index (χ2v) is 5.94. The zero-order chi connectivity index (χ0) is 12.9. The second-order valence-electron chi connectivity index (χ2n) is 5.03. The number of aliphatic carboxylic acids is 1. The minimum atomic E-state index is -0.959. The first kappa shape index (κ1) is 11.7. The SMILES string of the molecule is O=C(O)CN1CC2(CC2)c2cc(Br)ccc2C1=O. The van der Waals surface area contributed by atoms with E-state index in [1.54, 1.807) is 6.07 Å². The van der Waals surface area contributed by atoms with Gasteiger partial charge in [0.25, 0.3) is 5.91 Å². The molecule has 1 saturated carbocycles. The smallest absolute Gasteiger partial charge is 0.323 e. The van der Waals surface area contributed by atoms with Crippen LogP contribution in [-0.2, 0) is 10.2 Å². The number of halogens is 1. The van der Waals surface area contributed by atoms with Crippen molar-refractivity contribution in [2.24, 2.45) is 0 Å². The van der Waals surface area contributed by atoms with E-state index in [9.17, 15) is 9.59 Å². The molecule has 1 spiro atoms. The van der Waals surface area contributed by atoms with Crippen molar-refractivity contribution < 1.29 is 14.7 Å². The topological polar surface area (TPSA) is 57.6 Å². The molecule has 0 bridgehead atoms. The van der Waals surface area contributed by atoms with Crippen LogP contribution in [0.1, 0.15) is 28.8 Å². The highest BCUT2D eigenvalue weighted by Gasteiger charge is 2.51. The molecule has 3 rings (SSSR count). The van der Waals surface area contributed by atoms with Crippen molar-refractivity contribution in [3.8, 4) is 0 Å². The first-order valence-corrected chi connectivity index (χ1v) is 6.62. The van der Waals surface area contributed by atoms with E-state index < -0.39 is 5.97 Å². The number of benzene rings is 1. The monoisotopic (exact) mass is 309 g/mol. The first-order chi connectivity index (χ1) is 8.52. The predicted octanol–water partition coefficient (Wildman–Crippen LogP) is 2.02. The minimum Gasteiger partial charge on any atom is -0.480 e. The number of rotatable bonds is 2. The van der Waals surface area contributed by atoms with Crippen molar-refractivity contribution in [2.75, 3.05) is 13.1 Å². The third-order valence-corrected chi connectivity index (χ3v) is 4.24. The highest BCUT2D eigenvalue weighted by Crippen LogP contribution is 2.52. The fourth-order valence-corrected chi connectivity index (χ4v) is 3.06. The van der Waals surface area contributed by atoms with Gasteiger partial charge in [0.1, 0.15) is 6.54 Å². The summed E-state index contributed by atoms with van der Waals surface area (Å²) >= 11 is 3.43. The van der Waals surface area contributed by atoms with E-state index in [-0.39, 0.29) is 17.9 Å². The predicted molar refractivity (Wildman–Crippen MR) is 68.6 cm³/mol. The van der Waals surface area contributed by atoms with Crippen molar-refractivity contribution in [1.29, 1.82) is 0 Å². The molecule has 4 nitrogen and oxygen atoms in total. The molecule has 5 heteroatoms. The molecule has 1 fully saturated rings. The number of hydrogen-bond acceptors (Lipinski definition) is 2. The molecule has 18 heavy (non-hydrogen) atoms. The minimum absolute atomic E-state index is 0.00245. The Labute approximate surface area is 113 Å². The van der Waals surface area contributed by atoms with Gasteiger partial charge >= 0.3 is 5.97 Å². The molecule has 94 valence electrons. The Morgan fingerprint density at radius 3 is 2.78 bits per heavy atom. The number of nitrogens with zero attached hydrogens (tertiary/aromatic N) is 1. The fraction of sp³-hybridized carbons (Fsp3) is 0.385. The van der Waals surface area contributed by atoms with E-state index in [2.05, 4.69) is 15.9 Å². The first-order valence-electron chi connectivity index (χ1n) is 5.83. The van der Waals surface area contributed by atoms with Crippen LogP contribution < -0.4 is 0 Å². The summed E-state index contributed by atoms with van der Waals surface area (Å²) in [5.41, 5.74) is 1.73. The molecule has 1 aliphatic carbocycles. The zero-order valence-electron chi connectivity index (χ0n) is 9.65. The van der Waals surface area contributed by atoms with Crippen LogP contribution in [0.2, 0.25) is 0 Å². The van der Waals surface area contributed by atoms with Gasteiger partial charge in [0.2, 0.25) is 0 Å². The third kappa shape index (κ3) is 1.73. The lowest BCUT2D eigenvalue weighted by Crippen LogP contribution is -2.45. The van der Waals surface area contributed by atoms with Gasteiger partial charge in [-0.25, -0.2) is 0 Å². The standard InChI is InChI=1S/C13H12BrNO3/c14-8-1-2-9-10(5-8)13(3-4-13)7-15(12(9)18)6-11(16)17/h1-2,5H,3-4,6-7H2,(H,16,17). The Morgan fingerprint density at radius 2 is 2.17 bits per heavy atom. The summed E-state index contributed by atoms with van der Waals surface area (Å²) in [6.45, 7) is 0.317. The molecule has 1 heterocycles. The van der Waals surface area contributed by atoms with Gasteiger partial charge in [0, 0.05) is 22.0 Å². The molecule has 1 aromatic rings. The van der Waals surface area contributed by atoms with E-state index in [0.717, 1.165) is 22.9 Å². The van der Waals surface area contributed by atoms with E-state index >= 15 is 0 Å². The van der Waals surface area contributed by atoms with Gasteiger partial charge in [0.05, 0.1) is 0 Å². The van der Waals surface area contributed by atoms with Crippen molar-refractivity contribution in [1.82, 2.24) is 4.90 Å². The van der Waals surface area contributed by atoms with E-state index in [0.29, 0.717) is 12.1 Å². The fourth-order valence-electron chi connectivity index (χ4n) is 2.70. The summed E-state index contributed by atoms with van der Waals surface area (Å²) in [4.78, 5) is 24.5. The average Bonchev–Trinajstić information content (AvgIpc) is 3.06. The maximum absolute atomic E-state index is 12.2. The van der Waals surface area contributed by atoms with Gasteiger partial charge in [-0.2, -0.15) is 0 Å². The van der Waals surface area contributed by atoms with Crippen LogP contribution in [0.25, 0.3) is 0 Å². The Balaban J connectivity index is 2.04. The highest BCUT2D eigenvalue weighted by molar-refractivity contribution is 9.10. The van der Waals surface area contributed by atoms with Crippen LogP contribution in [0.3, 0.4) is 0 Å². The lowest BCUT2D eigenvalue weighted by molar-refractivity contribution is -0.137. The van der Waals surface area contributed by atoms with Crippen LogP contribution in [0.15, 0.2) is 22.7 Å². The van der Waals surface area contributed by atoms with Gasteiger partial charge in [-0.1, -0.05) is 15.9 Å². The lowest BCUT2D eigenvalue weighted by atomic mass is 9.86.